The lowest BCUT2D eigenvalue weighted by atomic mass is 10.1. The van der Waals surface area contributed by atoms with Crippen LogP contribution in [0.1, 0.15) is 23.2 Å². The van der Waals surface area contributed by atoms with Crippen LogP contribution in [0.3, 0.4) is 0 Å². The van der Waals surface area contributed by atoms with E-state index in [2.05, 4.69) is 4.74 Å². The van der Waals surface area contributed by atoms with Crippen LogP contribution < -0.4 is 4.74 Å². The maximum absolute atomic E-state index is 13.4. The molecule has 1 aliphatic carbocycles. The van der Waals surface area contributed by atoms with E-state index in [1.165, 1.54) is 7.11 Å². The van der Waals surface area contributed by atoms with E-state index >= 15 is 0 Å². The van der Waals surface area contributed by atoms with Gasteiger partial charge < -0.3 is 4.74 Å². The monoisotopic (exact) mass is 212 g/mol. The molecule has 0 N–H and O–H groups in total. The topological polar surface area (TPSA) is 26.3 Å². The highest BCUT2D eigenvalue weighted by molar-refractivity contribution is 5.99. The first-order chi connectivity index (χ1) is 7.13. The number of methoxy groups -OCH3 is 1. The normalized spacial score (nSPS) is 15.1. The van der Waals surface area contributed by atoms with Gasteiger partial charge in [-0.3, -0.25) is 4.79 Å². The van der Waals surface area contributed by atoms with Crippen molar-refractivity contribution in [2.75, 3.05) is 7.11 Å². The summed E-state index contributed by atoms with van der Waals surface area (Å²) >= 11 is 0. The molecule has 0 radical (unpaired) electrons. The Morgan fingerprint density at radius 3 is 2.53 bits per heavy atom. The number of ketones is 1. The molecule has 0 saturated heterocycles. The van der Waals surface area contributed by atoms with Crippen LogP contribution in [0, 0.1) is 17.6 Å². The molecule has 0 atom stereocenters. The first kappa shape index (κ1) is 10.1. The maximum atomic E-state index is 13.4. The quantitative estimate of drug-likeness (QED) is 0.720. The molecule has 0 amide bonds. The van der Waals surface area contributed by atoms with Crippen LogP contribution >= 0.6 is 0 Å². The lowest BCUT2D eigenvalue weighted by Gasteiger charge is -2.05. The largest absolute Gasteiger partial charge is 0.494 e. The van der Waals surface area contributed by atoms with Gasteiger partial charge in [0.1, 0.15) is 5.82 Å². The summed E-state index contributed by atoms with van der Waals surface area (Å²) in [6, 6.07) is 1.82. The fourth-order valence-corrected chi connectivity index (χ4v) is 1.44. The van der Waals surface area contributed by atoms with Gasteiger partial charge in [0.05, 0.1) is 12.7 Å². The molecule has 0 bridgehead atoms. The zero-order valence-electron chi connectivity index (χ0n) is 8.22. The minimum atomic E-state index is -0.717. The lowest BCUT2D eigenvalue weighted by Crippen LogP contribution is -2.06. The van der Waals surface area contributed by atoms with Gasteiger partial charge in [-0.25, -0.2) is 8.78 Å². The smallest absolute Gasteiger partial charge is 0.168 e. The molecule has 0 heterocycles. The maximum Gasteiger partial charge on any atom is 0.168 e. The SMILES string of the molecule is COc1cc(F)c(C(=O)C2CC2)cc1F. The van der Waals surface area contributed by atoms with Crippen molar-refractivity contribution in [2.45, 2.75) is 12.8 Å². The first-order valence-corrected chi connectivity index (χ1v) is 4.70. The van der Waals surface area contributed by atoms with Crippen molar-refractivity contribution in [1.82, 2.24) is 0 Å². The molecule has 4 heteroatoms. The highest BCUT2D eigenvalue weighted by atomic mass is 19.1. The molecule has 1 aliphatic rings. The third-order valence-corrected chi connectivity index (χ3v) is 2.46. The minimum Gasteiger partial charge on any atom is -0.494 e. The van der Waals surface area contributed by atoms with Crippen molar-refractivity contribution < 1.29 is 18.3 Å². The minimum absolute atomic E-state index is 0.118. The molecule has 0 aromatic heterocycles. The van der Waals surface area contributed by atoms with Gasteiger partial charge in [-0.2, -0.15) is 0 Å². The number of halogens is 2. The average Bonchev–Trinajstić information content (AvgIpc) is 3.03. The van der Waals surface area contributed by atoms with Crippen molar-refractivity contribution in [2.24, 2.45) is 5.92 Å². The lowest BCUT2D eigenvalue weighted by molar-refractivity contribution is 0.0963. The fourth-order valence-electron chi connectivity index (χ4n) is 1.44. The number of hydrogen-bond donors (Lipinski definition) is 0. The molecule has 0 aliphatic heterocycles. The van der Waals surface area contributed by atoms with E-state index in [0.717, 1.165) is 25.0 Å². The fraction of sp³-hybridized carbons (Fsp3) is 0.364. The second-order valence-electron chi connectivity index (χ2n) is 3.61. The molecule has 0 unspecified atom stereocenters. The molecule has 2 rings (SSSR count). The Balaban J connectivity index is 2.39. The number of carbonyl (C=O) groups is 1. The second kappa shape index (κ2) is 3.61. The molecule has 1 aromatic rings. The molecule has 1 aromatic carbocycles. The predicted molar refractivity (Wildman–Crippen MR) is 50.0 cm³/mol. The molecule has 15 heavy (non-hydrogen) atoms. The molecule has 80 valence electrons. The van der Waals surface area contributed by atoms with Crippen molar-refractivity contribution in [3.63, 3.8) is 0 Å². The standard InChI is InChI=1S/C11H10F2O2/c1-15-10-5-8(12)7(4-9(10)13)11(14)6-2-3-6/h4-6H,2-3H2,1H3. The highest BCUT2D eigenvalue weighted by Gasteiger charge is 2.32. The van der Waals surface area contributed by atoms with Gasteiger partial charge in [-0.1, -0.05) is 0 Å². The van der Waals surface area contributed by atoms with Crippen LogP contribution in [0.15, 0.2) is 12.1 Å². The van der Waals surface area contributed by atoms with Crippen molar-refractivity contribution in [3.8, 4) is 5.75 Å². The van der Waals surface area contributed by atoms with Crippen LogP contribution in [0.25, 0.3) is 0 Å². The first-order valence-electron chi connectivity index (χ1n) is 4.70. The Labute approximate surface area is 85.9 Å². The van der Waals surface area contributed by atoms with Crippen molar-refractivity contribution in [1.29, 1.82) is 0 Å². The Morgan fingerprint density at radius 2 is 2.00 bits per heavy atom. The summed E-state index contributed by atoms with van der Waals surface area (Å²) in [5.41, 5.74) is -0.171. The summed E-state index contributed by atoms with van der Waals surface area (Å²) in [4.78, 5) is 11.5. The summed E-state index contributed by atoms with van der Waals surface area (Å²) < 4.78 is 31.2. The van der Waals surface area contributed by atoms with Gasteiger partial charge in [0.2, 0.25) is 0 Å². The number of carbonyl (C=O) groups excluding carboxylic acids is 1. The van der Waals surface area contributed by atoms with Crippen LogP contribution in [-0.2, 0) is 0 Å². The zero-order valence-corrected chi connectivity index (χ0v) is 8.22. The van der Waals surface area contributed by atoms with Gasteiger partial charge in [-0.15, -0.1) is 0 Å². The Morgan fingerprint density at radius 1 is 1.33 bits per heavy atom. The van der Waals surface area contributed by atoms with Crippen LogP contribution in [-0.4, -0.2) is 12.9 Å². The van der Waals surface area contributed by atoms with E-state index in [-0.39, 0.29) is 23.0 Å². The van der Waals surface area contributed by atoms with Crippen LogP contribution in [0.4, 0.5) is 8.78 Å². The van der Waals surface area contributed by atoms with E-state index in [4.69, 9.17) is 0 Å². The number of benzene rings is 1. The molecular formula is C11H10F2O2. The summed E-state index contributed by atoms with van der Waals surface area (Å²) in [5, 5.41) is 0. The predicted octanol–water partition coefficient (Wildman–Crippen LogP) is 2.57. The molecule has 0 spiro atoms. The second-order valence-corrected chi connectivity index (χ2v) is 3.61. The van der Waals surface area contributed by atoms with Crippen molar-refractivity contribution >= 4 is 5.78 Å². The third kappa shape index (κ3) is 1.84. The van der Waals surface area contributed by atoms with E-state index in [0.29, 0.717) is 0 Å². The van der Waals surface area contributed by atoms with Gasteiger partial charge in [0.25, 0.3) is 0 Å². The summed E-state index contributed by atoms with van der Waals surface area (Å²) in [7, 11) is 1.25. The van der Waals surface area contributed by atoms with Crippen LogP contribution in [0.2, 0.25) is 0 Å². The van der Waals surface area contributed by atoms with E-state index in [1.807, 2.05) is 0 Å². The molecular weight excluding hydrogens is 202 g/mol. The number of rotatable bonds is 3. The highest BCUT2D eigenvalue weighted by Crippen LogP contribution is 2.34. The molecule has 1 fully saturated rings. The Hall–Kier alpha value is -1.45. The average molecular weight is 212 g/mol. The summed E-state index contributed by atoms with van der Waals surface area (Å²) in [6.07, 6.45) is 1.54. The molecule has 1 saturated carbocycles. The Kier molecular flexibility index (Phi) is 2.42. The van der Waals surface area contributed by atoms with E-state index in [1.54, 1.807) is 0 Å². The Bertz CT molecular complexity index is 411. The van der Waals surface area contributed by atoms with Crippen molar-refractivity contribution in [3.05, 3.63) is 29.3 Å². The summed E-state index contributed by atoms with van der Waals surface area (Å²) in [5.74, 6) is -2.03. The molecule has 2 nitrogen and oxygen atoms in total. The van der Waals surface area contributed by atoms with E-state index in [9.17, 15) is 13.6 Å². The van der Waals surface area contributed by atoms with Gasteiger partial charge >= 0.3 is 0 Å². The summed E-state index contributed by atoms with van der Waals surface area (Å²) in [6.45, 7) is 0. The van der Waals surface area contributed by atoms with E-state index < -0.39 is 11.6 Å². The van der Waals surface area contributed by atoms with Gasteiger partial charge in [0, 0.05) is 12.0 Å². The number of Topliss-reactive ketones (excluding diaryl/α,β-unsaturated/α-hetero) is 1. The number of hydrogen-bond acceptors (Lipinski definition) is 2. The zero-order chi connectivity index (χ0) is 11.0. The van der Waals surface area contributed by atoms with Crippen LogP contribution in [0.5, 0.6) is 5.75 Å². The number of ether oxygens (including phenoxy) is 1. The van der Waals surface area contributed by atoms with Gasteiger partial charge in [0.15, 0.2) is 17.3 Å². The van der Waals surface area contributed by atoms with Gasteiger partial charge in [-0.05, 0) is 18.9 Å². The third-order valence-electron chi connectivity index (χ3n) is 2.46.